The number of ether oxygens (including phenoxy) is 2. The van der Waals surface area contributed by atoms with Gasteiger partial charge >= 0.3 is 0 Å². The highest BCUT2D eigenvalue weighted by Gasteiger charge is 2.28. The number of fused-ring (bicyclic) bond motifs is 4. The van der Waals surface area contributed by atoms with Gasteiger partial charge in [-0.05, 0) is 103 Å². The third-order valence-corrected chi connectivity index (χ3v) is 13.1. The number of epoxide rings is 2. The highest BCUT2D eigenvalue weighted by atomic mass is 32.2. The van der Waals surface area contributed by atoms with Crippen LogP contribution in [-0.2, 0) is 9.47 Å². The molecular weight excluding hydrogens is 829 g/mol. The maximum Gasteiger partial charge on any atom is 0.101 e. The van der Waals surface area contributed by atoms with E-state index < -0.39 is 0 Å². The van der Waals surface area contributed by atoms with E-state index in [1.54, 1.807) is 0 Å². The first kappa shape index (κ1) is 44.3. The monoisotopic (exact) mass is 882 g/mol. The molecule has 2 saturated heterocycles. The second-order valence-electron chi connectivity index (χ2n) is 15.2. The van der Waals surface area contributed by atoms with Crippen molar-refractivity contribution in [1.82, 2.24) is 0 Å². The van der Waals surface area contributed by atoms with Crippen molar-refractivity contribution in [3.63, 3.8) is 0 Å². The van der Waals surface area contributed by atoms with Crippen LogP contribution in [-0.4, -0.2) is 57.5 Å². The molecule has 2 unspecified atom stereocenters. The molecule has 64 heavy (non-hydrogen) atoms. The Kier molecular flexibility index (Phi) is 14.2. The van der Waals surface area contributed by atoms with E-state index in [2.05, 4.69) is 156 Å². The second kappa shape index (κ2) is 20.5. The molecule has 7 aromatic carbocycles. The number of rotatable bonds is 12. The minimum atomic E-state index is 0. The maximum absolute atomic E-state index is 5.45. The molecule has 4 heterocycles. The molecular formula is C54H54N6O2S2. The minimum Gasteiger partial charge on any atom is -0.371 e. The topological polar surface area (TPSA) is 62.7 Å². The summed E-state index contributed by atoms with van der Waals surface area (Å²) in [5, 5.41) is 13.7. The first-order chi connectivity index (χ1) is 30.7. The fourth-order valence-electron chi connectivity index (χ4n) is 7.62. The molecule has 10 heteroatoms. The van der Waals surface area contributed by atoms with Crippen molar-refractivity contribution in [2.45, 2.75) is 53.6 Å². The number of benzene rings is 7. The van der Waals surface area contributed by atoms with Crippen molar-refractivity contribution < 1.29 is 9.47 Å². The van der Waals surface area contributed by atoms with Crippen LogP contribution in [0.5, 0.6) is 0 Å². The molecule has 0 spiro atoms. The molecule has 0 bridgehead atoms. The Morgan fingerprint density at radius 1 is 0.516 bits per heavy atom. The Balaban J connectivity index is 0.000000171. The van der Waals surface area contributed by atoms with E-state index in [0.29, 0.717) is 0 Å². The van der Waals surface area contributed by atoms with Gasteiger partial charge in [0.05, 0.1) is 72.9 Å². The zero-order valence-corrected chi connectivity index (χ0v) is 36.0. The predicted molar refractivity (Wildman–Crippen MR) is 271 cm³/mol. The number of hydrogen-bond acceptors (Lipinski definition) is 10. The fraction of sp³-hybridized carbons (Fsp3) is 0.185. The molecule has 0 saturated carbocycles. The van der Waals surface area contributed by atoms with Crippen molar-refractivity contribution in [3.8, 4) is 0 Å². The summed E-state index contributed by atoms with van der Waals surface area (Å²) in [6, 6.07) is 61.4. The first-order valence-electron chi connectivity index (χ1n) is 21.1. The van der Waals surface area contributed by atoms with Gasteiger partial charge in [-0.1, -0.05) is 129 Å². The summed E-state index contributed by atoms with van der Waals surface area (Å²) in [7, 11) is 0. The van der Waals surface area contributed by atoms with Crippen molar-refractivity contribution in [3.05, 3.63) is 187 Å². The Labute approximate surface area is 386 Å². The number of hydrazone groups is 2. The van der Waals surface area contributed by atoms with Crippen LogP contribution in [0.2, 0.25) is 0 Å². The van der Waals surface area contributed by atoms with E-state index >= 15 is 0 Å². The standard InChI is InChI=1S/C28H23N3OS.C24H23N3OS.2CH4/c1-3-9-22(10-4-1)30(19-24-20-32-24)29-18-21-15-16-26-28(17-21)33-27-14-8-7-13-25(27)31(26)23-11-5-2-6-12-23;1-2-26-21-10-6-7-11-23(21)29-24-14-18(12-13-22(24)26)15-25-27(16-20-17-28-20)19-8-4-3-5-9-19;;/h1-18,24H,19-20H2;3-15,20H,2,16-17H2,1H3;2*1H4. The molecule has 0 amide bonds. The highest BCUT2D eigenvalue weighted by molar-refractivity contribution is 8.00. The second-order valence-corrected chi connectivity index (χ2v) is 17.4. The van der Waals surface area contributed by atoms with Gasteiger partial charge in [0.15, 0.2) is 0 Å². The average molecular weight is 883 g/mol. The zero-order chi connectivity index (χ0) is 41.7. The summed E-state index contributed by atoms with van der Waals surface area (Å²) < 4.78 is 10.9. The quantitative estimate of drug-likeness (QED) is 0.0683. The third-order valence-electron chi connectivity index (χ3n) is 10.9. The SMILES string of the molecule is C.C.C(=NN(CC1CO1)c1ccccc1)c1ccc2c(c1)Sc1ccccc1N2c1ccccc1.CCN1c2ccccc2Sc2cc(C=NN(CC3CO3)c3ccccc3)ccc21. The molecule has 2 fully saturated rings. The summed E-state index contributed by atoms with van der Waals surface area (Å²) in [5.74, 6) is 0. The fourth-order valence-corrected chi connectivity index (χ4v) is 9.87. The van der Waals surface area contributed by atoms with Crippen LogP contribution < -0.4 is 19.8 Å². The molecule has 7 aromatic rings. The lowest BCUT2D eigenvalue weighted by molar-refractivity contribution is 0.408. The Hall–Kier alpha value is -6.30. The number of anilines is 7. The lowest BCUT2D eigenvalue weighted by Crippen LogP contribution is -2.22. The van der Waals surface area contributed by atoms with Gasteiger partial charge < -0.3 is 19.3 Å². The van der Waals surface area contributed by atoms with E-state index in [1.807, 2.05) is 82.4 Å². The van der Waals surface area contributed by atoms with Crippen LogP contribution in [0, 0.1) is 0 Å². The molecule has 4 aliphatic heterocycles. The van der Waals surface area contributed by atoms with Crippen LogP contribution in [0.4, 0.5) is 39.8 Å². The average Bonchev–Trinajstić information content (AvgIpc) is 4.29. The van der Waals surface area contributed by atoms with E-state index in [-0.39, 0.29) is 27.1 Å². The molecule has 324 valence electrons. The van der Waals surface area contributed by atoms with E-state index in [9.17, 15) is 0 Å². The van der Waals surface area contributed by atoms with Crippen LogP contribution in [0.15, 0.2) is 206 Å². The summed E-state index contributed by atoms with van der Waals surface area (Å²) in [5.41, 5.74) is 10.4. The maximum atomic E-state index is 5.45. The Bertz CT molecular complexity index is 2690. The van der Waals surface area contributed by atoms with E-state index in [4.69, 9.17) is 19.7 Å². The Morgan fingerprint density at radius 3 is 1.44 bits per heavy atom. The highest BCUT2D eigenvalue weighted by Crippen LogP contribution is 2.51. The van der Waals surface area contributed by atoms with Crippen LogP contribution in [0.25, 0.3) is 0 Å². The Morgan fingerprint density at radius 2 is 0.922 bits per heavy atom. The van der Waals surface area contributed by atoms with E-state index in [1.165, 1.54) is 42.3 Å². The third kappa shape index (κ3) is 10.2. The van der Waals surface area contributed by atoms with Crippen molar-refractivity contribution in [2.75, 3.05) is 52.7 Å². The minimum absolute atomic E-state index is 0. The van der Waals surface area contributed by atoms with Crippen molar-refractivity contribution in [2.24, 2.45) is 10.2 Å². The van der Waals surface area contributed by atoms with Gasteiger partial charge in [-0.3, -0.25) is 10.0 Å². The zero-order valence-electron chi connectivity index (χ0n) is 34.4. The van der Waals surface area contributed by atoms with Crippen molar-refractivity contribution >= 4 is 75.8 Å². The number of hydrogen-bond donors (Lipinski definition) is 0. The largest absolute Gasteiger partial charge is 0.371 e. The summed E-state index contributed by atoms with van der Waals surface area (Å²) in [4.78, 5) is 9.75. The molecule has 4 aliphatic rings. The van der Waals surface area contributed by atoms with Gasteiger partial charge in [-0.25, -0.2) is 0 Å². The molecule has 11 rings (SSSR count). The van der Waals surface area contributed by atoms with Crippen LogP contribution >= 0.6 is 23.5 Å². The number of nitrogens with zero attached hydrogens (tertiary/aromatic N) is 6. The lowest BCUT2D eigenvalue weighted by Gasteiger charge is -2.33. The van der Waals surface area contributed by atoms with Gasteiger partial charge in [0.25, 0.3) is 0 Å². The lowest BCUT2D eigenvalue weighted by atomic mass is 10.1. The predicted octanol–water partition coefficient (Wildman–Crippen LogP) is 13.7. The molecule has 2 atom stereocenters. The summed E-state index contributed by atoms with van der Waals surface area (Å²) in [6.45, 7) is 6.31. The van der Waals surface area contributed by atoms with Gasteiger partial charge in [-0.2, -0.15) is 10.2 Å². The molecule has 0 radical (unpaired) electrons. The first-order valence-corrected chi connectivity index (χ1v) is 22.7. The smallest absolute Gasteiger partial charge is 0.101 e. The number of para-hydroxylation sites is 5. The molecule has 0 aromatic heterocycles. The summed E-state index contributed by atoms with van der Waals surface area (Å²) in [6.07, 6.45) is 4.44. The van der Waals surface area contributed by atoms with Gasteiger partial charge in [0, 0.05) is 31.8 Å². The van der Waals surface area contributed by atoms with Gasteiger partial charge in [0.1, 0.15) is 12.2 Å². The summed E-state index contributed by atoms with van der Waals surface area (Å²) >= 11 is 3.64. The van der Waals surface area contributed by atoms with Gasteiger partial charge in [0.2, 0.25) is 0 Å². The van der Waals surface area contributed by atoms with E-state index in [0.717, 1.165) is 61.0 Å². The molecule has 0 N–H and O–H groups in total. The van der Waals surface area contributed by atoms with Crippen molar-refractivity contribution in [1.29, 1.82) is 0 Å². The van der Waals surface area contributed by atoms with Crippen LogP contribution in [0.1, 0.15) is 32.9 Å². The van der Waals surface area contributed by atoms with Gasteiger partial charge in [-0.15, -0.1) is 0 Å². The molecule has 8 nitrogen and oxygen atoms in total. The molecule has 0 aliphatic carbocycles. The normalized spacial score (nSPS) is 16.2. The van der Waals surface area contributed by atoms with Crippen LogP contribution in [0.3, 0.4) is 0 Å².